The Kier molecular flexibility index (Phi) is 3.34. The van der Waals surface area contributed by atoms with Crippen LogP contribution in [0.5, 0.6) is 0 Å². The number of benzene rings is 1. The highest BCUT2D eigenvalue weighted by molar-refractivity contribution is 7.12. The van der Waals surface area contributed by atoms with Gasteiger partial charge in [-0.2, -0.15) is 0 Å². The Bertz CT molecular complexity index is 578. The summed E-state index contributed by atoms with van der Waals surface area (Å²) in [5.74, 6) is -0.229. The standard InChI is InChI=1S/C15H14FNOS/c16-13-5-2-1-4-11(13)10-17(12-7-8-12)15(18)14-6-3-9-19-14/h1-6,9,12H,7-8,10H2. The Morgan fingerprint density at radius 2 is 2.05 bits per heavy atom. The average molecular weight is 275 g/mol. The second-order valence-electron chi connectivity index (χ2n) is 4.73. The first-order chi connectivity index (χ1) is 9.25. The summed E-state index contributed by atoms with van der Waals surface area (Å²) in [7, 11) is 0. The van der Waals surface area contributed by atoms with Crippen LogP contribution in [-0.2, 0) is 6.54 Å². The molecule has 0 unspecified atom stereocenters. The molecular formula is C15H14FNOS. The lowest BCUT2D eigenvalue weighted by atomic mass is 10.2. The van der Waals surface area contributed by atoms with Crippen molar-refractivity contribution in [2.24, 2.45) is 0 Å². The fraction of sp³-hybridized carbons (Fsp3) is 0.267. The molecule has 0 bridgehead atoms. The van der Waals surface area contributed by atoms with Crippen molar-refractivity contribution in [3.05, 3.63) is 58.0 Å². The maximum atomic E-state index is 13.7. The van der Waals surface area contributed by atoms with Gasteiger partial charge in [0.15, 0.2) is 0 Å². The largest absolute Gasteiger partial charge is 0.331 e. The van der Waals surface area contributed by atoms with Crippen molar-refractivity contribution in [2.75, 3.05) is 0 Å². The molecule has 0 N–H and O–H groups in total. The van der Waals surface area contributed by atoms with Crippen LogP contribution in [0.3, 0.4) is 0 Å². The lowest BCUT2D eigenvalue weighted by molar-refractivity contribution is 0.0733. The topological polar surface area (TPSA) is 20.3 Å². The van der Waals surface area contributed by atoms with E-state index < -0.39 is 0 Å². The van der Waals surface area contributed by atoms with Crippen LogP contribution in [0.4, 0.5) is 4.39 Å². The van der Waals surface area contributed by atoms with Crippen molar-refractivity contribution in [1.82, 2.24) is 4.90 Å². The minimum Gasteiger partial charge on any atom is -0.331 e. The molecule has 1 aliphatic carbocycles. The normalized spacial score (nSPS) is 14.4. The third-order valence-corrected chi connectivity index (χ3v) is 4.14. The first-order valence-electron chi connectivity index (χ1n) is 6.33. The third-order valence-electron chi connectivity index (χ3n) is 3.28. The lowest BCUT2D eigenvalue weighted by Crippen LogP contribution is -2.32. The minimum atomic E-state index is -0.243. The van der Waals surface area contributed by atoms with Crippen LogP contribution in [0.1, 0.15) is 28.1 Å². The van der Waals surface area contributed by atoms with Crippen LogP contribution < -0.4 is 0 Å². The molecule has 0 saturated heterocycles. The van der Waals surface area contributed by atoms with Crippen LogP contribution >= 0.6 is 11.3 Å². The Morgan fingerprint density at radius 1 is 1.26 bits per heavy atom. The monoisotopic (exact) mass is 275 g/mol. The summed E-state index contributed by atoms with van der Waals surface area (Å²) in [6.07, 6.45) is 2.04. The molecule has 0 aliphatic heterocycles. The fourth-order valence-corrected chi connectivity index (χ4v) is 2.78. The molecule has 4 heteroatoms. The highest BCUT2D eigenvalue weighted by Gasteiger charge is 2.33. The summed E-state index contributed by atoms with van der Waals surface area (Å²) in [5, 5.41) is 1.89. The van der Waals surface area contributed by atoms with Gasteiger partial charge in [0.1, 0.15) is 5.82 Å². The molecule has 1 amide bonds. The number of nitrogens with zero attached hydrogens (tertiary/aromatic N) is 1. The van der Waals surface area contributed by atoms with Crippen molar-refractivity contribution in [3.8, 4) is 0 Å². The van der Waals surface area contributed by atoms with E-state index in [9.17, 15) is 9.18 Å². The predicted molar refractivity (Wildman–Crippen MR) is 73.6 cm³/mol. The molecule has 1 aromatic heterocycles. The van der Waals surface area contributed by atoms with E-state index in [0.717, 1.165) is 17.7 Å². The van der Waals surface area contributed by atoms with Gasteiger partial charge in [0.05, 0.1) is 4.88 Å². The number of rotatable bonds is 4. The Balaban J connectivity index is 1.82. The summed E-state index contributed by atoms with van der Waals surface area (Å²) in [5.41, 5.74) is 0.583. The van der Waals surface area contributed by atoms with E-state index in [1.807, 2.05) is 17.5 Å². The molecule has 1 fully saturated rings. The van der Waals surface area contributed by atoms with E-state index in [1.165, 1.54) is 17.4 Å². The van der Waals surface area contributed by atoms with Crippen LogP contribution in [0.2, 0.25) is 0 Å². The molecule has 3 rings (SSSR count). The van der Waals surface area contributed by atoms with Crippen molar-refractivity contribution in [1.29, 1.82) is 0 Å². The highest BCUT2D eigenvalue weighted by Crippen LogP contribution is 2.31. The molecule has 0 atom stereocenters. The van der Waals surface area contributed by atoms with E-state index in [2.05, 4.69) is 0 Å². The molecule has 98 valence electrons. The maximum absolute atomic E-state index is 13.7. The van der Waals surface area contributed by atoms with Crippen LogP contribution in [0, 0.1) is 5.82 Å². The summed E-state index contributed by atoms with van der Waals surface area (Å²) < 4.78 is 13.7. The molecule has 1 saturated carbocycles. The lowest BCUT2D eigenvalue weighted by Gasteiger charge is -2.22. The summed E-state index contributed by atoms with van der Waals surface area (Å²) >= 11 is 1.43. The average Bonchev–Trinajstić information content (AvgIpc) is 3.11. The van der Waals surface area contributed by atoms with E-state index in [4.69, 9.17) is 0 Å². The van der Waals surface area contributed by atoms with Crippen molar-refractivity contribution in [2.45, 2.75) is 25.4 Å². The van der Waals surface area contributed by atoms with Crippen molar-refractivity contribution >= 4 is 17.2 Å². The molecule has 2 nitrogen and oxygen atoms in total. The van der Waals surface area contributed by atoms with Gasteiger partial charge in [0.25, 0.3) is 5.91 Å². The van der Waals surface area contributed by atoms with Gasteiger partial charge in [-0.05, 0) is 30.4 Å². The molecule has 2 aromatic rings. The van der Waals surface area contributed by atoms with Gasteiger partial charge >= 0.3 is 0 Å². The number of hydrogen-bond donors (Lipinski definition) is 0. The second-order valence-corrected chi connectivity index (χ2v) is 5.68. The third kappa shape index (κ3) is 2.68. The van der Waals surface area contributed by atoms with Gasteiger partial charge in [0, 0.05) is 18.2 Å². The summed E-state index contributed by atoms with van der Waals surface area (Å²) in [6, 6.07) is 10.6. The zero-order chi connectivity index (χ0) is 13.2. The number of thiophene rings is 1. The van der Waals surface area contributed by atoms with E-state index in [-0.39, 0.29) is 17.8 Å². The SMILES string of the molecule is O=C(c1cccs1)N(Cc1ccccc1F)C1CC1. The Hall–Kier alpha value is -1.68. The maximum Gasteiger partial charge on any atom is 0.264 e. The van der Waals surface area contributed by atoms with E-state index in [0.29, 0.717) is 12.1 Å². The van der Waals surface area contributed by atoms with Gasteiger partial charge in [0.2, 0.25) is 0 Å². The molecule has 0 spiro atoms. The zero-order valence-electron chi connectivity index (χ0n) is 10.4. The number of hydrogen-bond acceptors (Lipinski definition) is 2. The predicted octanol–water partition coefficient (Wildman–Crippen LogP) is 3.69. The minimum absolute atomic E-state index is 0.0146. The molecule has 1 aromatic carbocycles. The summed E-state index contributed by atoms with van der Waals surface area (Å²) in [4.78, 5) is 14.9. The first kappa shape index (κ1) is 12.4. The smallest absolute Gasteiger partial charge is 0.264 e. The molecule has 0 radical (unpaired) electrons. The highest BCUT2D eigenvalue weighted by atomic mass is 32.1. The fourth-order valence-electron chi connectivity index (χ4n) is 2.10. The Morgan fingerprint density at radius 3 is 2.68 bits per heavy atom. The molecule has 19 heavy (non-hydrogen) atoms. The molecular weight excluding hydrogens is 261 g/mol. The van der Waals surface area contributed by atoms with Gasteiger partial charge in [-0.1, -0.05) is 24.3 Å². The quantitative estimate of drug-likeness (QED) is 0.833. The number of carbonyl (C=O) groups is 1. The van der Waals surface area contributed by atoms with Crippen LogP contribution in [-0.4, -0.2) is 16.8 Å². The number of halogens is 1. The van der Waals surface area contributed by atoms with Gasteiger partial charge in [-0.25, -0.2) is 4.39 Å². The van der Waals surface area contributed by atoms with Crippen LogP contribution in [0.25, 0.3) is 0 Å². The number of carbonyl (C=O) groups excluding carboxylic acids is 1. The van der Waals surface area contributed by atoms with Crippen molar-refractivity contribution < 1.29 is 9.18 Å². The Labute approximate surface area is 115 Å². The van der Waals surface area contributed by atoms with E-state index in [1.54, 1.807) is 23.1 Å². The van der Waals surface area contributed by atoms with Gasteiger partial charge < -0.3 is 4.90 Å². The van der Waals surface area contributed by atoms with Crippen molar-refractivity contribution in [3.63, 3.8) is 0 Å². The van der Waals surface area contributed by atoms with Gasteiger partial charge in [-0.15, -0.1) is 11.3 Å². The first-order valence-corrected chi connectivity index (χ1v) is 7.21. The van der Waals surface area contributed by atoms with Gasteiger partial charge in [-0.3, -0.25) is 4.79 Å². The molecule has 1 heterocycles. The number of amides is 1. The summed E-state index contributed by atoms with van der Waals surface area (Å²) in [6.45, 7) is 0.355. The zero-order valence-corrected chi connectivity index (χ0v) is 11.2. The van der Waals surface area contributed by atoms with Crippen LogP contribution in [0.15, 0.2) is 41.8 Å². The second kappa shape index (κ2) is 5.13. The molecule has 1 aliphatic rings. The van der Waals surface area contributed by atoms with E-state index >= 15 is 0 Å².